The Balaban J connectivity index is 1.66. The highest BCUT2D eigenvalue weighted by molar-refractivity contribution is 7.12. The highest BCUT2D eigenvalue weighted by Crippen LogP contribution is 2.28. The van der Waals surface area contributed by atoms with Gasteiger partial charge in [0.25, 0.3) is 11.8 Å². The number of halogens is 2. The van der Waals surface area contributed by atoms with Gasteiger partial charge in [0.2, 0.25) is 0 Å². The molecular weight excluding hydrogens is 383 g/mol. The van der Waals surface area contributed by atoms with Gasteiger partial charge in [-0.25, -0.2) is 0 Å². The quantitative estimate of drug-likeness (QED) is 0.662. The summed E-state index contributed by atoms with van der Waals surface area (Å²) in [6.07, 6.45) is -0.0727. The fraction of sp³-hybridized carbons (Fsp3) is 0.294. The van der Waals surface area contributed by atoms with E-state index in [2.05, 4.69) is 10.6 Å². The zero-order chi connectivity index (χ0) is 18.2. The van der Waals surface area contributed by atoms with Crippen molar-refractivity contribution in [1.82, 2.24) is 10.6 Å². The number of carbonyl (C=O) groups excluding carboxylic acids is 2. The van der Waals surface area contributed by atoms with Crippen molar-refractivity contribution in [2.75, 3.05) is 13.1 Å². The number of hydrogen-bond donors (Lipinski definition) is 2. The first-order valence-corrected chi connectivity index (χ1v) is 9.32. The van der Waals surface area contributed by atoms with E-state index in [1.807, 2.05) is 11.4 Å². The van der Waals surface area contributed by atoms with Crippen molar-refractivity contribution in [2.45, 2.75) is 19.4 Å². The molecule has 0 spiro atoms. The van der Waals surface area contributed by atoms with Crippen molar-refractivity contribution in [3.8, 4) is 5.75 Å². The molecule has 1 aromatic heterocycles. The van der Waals surface area contributed by atoms with Crippen molar-refractivity contribution in [1.29, 1.82) is 0 Å². The van der Waals surface area contributed by atoms with Crippen LogP contribution in [-0.2, 0) is 4.79 Å². The Bertz CT molecular complexity index is 723. The van der Waals surface area contributed by atoms with Gasteiger partial charge in [0.1, 0.15) is 5.75 Å². The second-order valence-electron chi connectivity index (χ2n) is 5.21. The number of amides is 2. The minimum Gasteiger partial charge on any atom is -0.479 e. The van der Waals surface area contributed by atoms with Crippen molar-refractivity contribution >= 4 is 46.4 Å². The molecule has 1 atom stereocenters. The number of thiophene rings is 1. The lowest BCUT2D eigenvalue weighted by molar-refractivity contribution is -0.127. The second kappa shape index (κ2) is 9.65. The van der Waals surface area contributed by atoms with Crippen LogP contribution in [-0.4, -0.2) is 31.0 Å². The first kappa shape index (κ1) is 19.6. The molecule has 2 amide bonds. The van der Waals surface area contributed by atoms with Gasteiger partial charge in [0, 0.05) is 18.1 Å². The van der Waals surface area contributed by atoms with E-state index < -0.39 is 6.10 Å². The molecule has 0 fully saturated rings. The van der Waals surface area contributed by atoms with E-state index in [4.69, 9.17) is 27.9 Å². The first-order valence-electron chi connectivity index (χ1n) is 7.68. The maximum Gasteiger partial charge on any atom is 0.261 e. The third-order valence-electron chi connectivity index (χ3n) is 3.25. The normalized spacial score (nSPS) is 11.6. The van der Waals surface area contributed by atoms with Crippen molar-refractivity contribution in [2.24, 2.45) is 0 Å². The molecule has 1 heterocycles. The van der Waals surface area contributed by atoms with Crippen molar-refractivity contribution < 1.29 is 14.3 Å². The fourth-order valence-corrected chi connectivity index (χ4v) is 3.05. The minimum atomic E-state index is -0.695. The Kier molecular flexibility index (Phi) is 7.55. The van der Waals surface area contributed by atoms with Crippen molar-refractivity contribution in [3.05, 3.63) is 50.6 Å². The van der Waals surface area contributed by atoms with Crippen LogP contribution in [0.3, 0.4) is 0 Å². The van der Waals surface area contributed by atoms with Gasteiger partial charge in [-0.05, 0) is 43.0 Å². The maximum absolute atomic E-state index is 12.0. The zero-order valence-electron chi connectivity index (χ0n) is 13.6. The van der Waals surface area contributed by atoms with Crippen LogP contribution in [0.4, 0.5) is 0 Å². The summed E-state index contributed by atoms with van der Waals surface area (Å²) in [7, 11) is 0. The molecule has 0 saturated heterocycles. The van der Waals surface area contributed by atoms with Gasteiger partial charge in [-0.15, -0.1) is 11.3 Å². The number of ether oxygens (including phenoxy) is 1. The Morgan fingerprint density at radius 3 is 2.64 bits per heavy atom. The summed E-state index contributed by atoms with van der Waals surface area (Å²) in [6, 6.07) is 8.41. The predicted octanol–water partition coefficient (Wildman–Crippen LogP) is 3.76. The molecule has 0 aliphatic heterocycles. The summed E-state index contributed by atoms with van der Waals surface area (Å²) < 4.78 is 5.54. The molecule has 5 nitrogen and oxygen atoms in total. The number of hydrogen-bond acceptors (Lipinski definition) is 4. The average molecular weight is 401 g/mol. The van der Waals surface area contributed by atoms with E-state index in [-0.39, 0.29) is 11.8 Å². The molecule has 2 aromatic rings. The number of rotatable bonds is 8. The third kappa shape index (κ3) is 6.23. The lowest BCUT2D eigenvalue weighted by atomic mass is 10.3. The average Bonchev–Trinajstić information content (AvgIpc) is 3.11. The van der Waals surface area contributed by atoms with E-state index in [1.165, 1.54) is 11.3 Å². The first-order chi connectivity index (χ1) is 12.0. The Morgan fingerprint density at radius 2 is 1.96 bits per heavy atom. The molecule has 2 rings (SSSR count). The Morgan fingerprint density at radius 1 is 1.20 bits per heavy atom. The van der Waals surface area contributed by atoms with E-state index in [0.29, 0.717) is 40.2 Å². The van der Waals surface area contributed by atoms with Crippen LogP contribution in [0.2, 0.25) is 10.0 Å². The third-order valence-corrected chi connectivity index (χ3v) is 4.65. The number of nitrogens with one attached hydrogen (secondary N) is 2. The van der Waals surface area contributed by atoms with Crippen LogP contribution in [0.25, 0.3) is 0 Å². The van der Waals surface area contributed by atoms with Gasteiger partial charge in [0.05, 0.1) is 9.90 Å². The molecule has 8 heteroatoms. The summed E-state index contributed by atoms with van der Waals surface area (Å²) in [4.78, 5) is 24.4. The molecule has 134 valence electrons. The maximum atomic E-state index is 12.0. The lowest BCUT2D eigenvalue weighted by Crippen LogP contribution is -2.37. The van der Waals surface area contributed by atoms with Crippen LogP contribution in [0.5, 0.6) is 5.75 Å². The van der Waals surface area contributed by atoms with Crippen LogP contribution in [0, 0.1) is 0 Å². The van der Waals surface area contributed by atoms with Crippen LogP contribution < -0.4 is 15.4 Å². The van der Waals surface area contributed by atoms with Gasteiger partial charge >= 0.3 is 0 Å². The summed E-state index contributed by atoms with van der Waals surface area (Å²) in [5.41, 5.74) is 0. The number of benzene rings is 1. The van der Waals surface area contributed by atoms with E-state index in [9.17, 15) is 9.59 Å². The van der Waals surface area contributed by atoms with E-state index in [1.54, 1.807) is 31.2 Å². The van der Waals surface area contributed by atoms with E-state index in [0.717, 1.165) is 0 Å². The van der Waals surface area contributed by atoms with Gasteiger partial charge in [-0.2, -0.15) is 0 Å². The van der Waals surface area contributed by atoms with Gasteiger partial charge < -0.3 is 15.4 Å². The van der Waals surface area contributed by atoms with Crippen molar-refractivity contribution in [3.63, 3.8) is 0 Å². The molecule has 0 aliphatic rings. The Labute approximate surface area is 160 Å². The number of carbonyl (C=O) groups is 2. The Hall–Kier alpha value is -1.76. The second-order valence-corrected chi connectivity index (χ2v) is 7.00. The minimum absolute atomic E-state index is 0.101. The molecule has 0 aliphatic carbocycles. The zero-order valence-corrected chi connectivity index (χ0v) is 15.9. The fourth-order valence-electron chi connectivity index (χ4n) is 1.96. The van der Waals surface area contributed by atoms with Crippen LogP contribution in [0.15, 0.2) is 35.7 Å². The van der Waals surface area contributed by atoms with Gasteiger partial charge in [-0.3, -0.25) is 9.59 Å². The molecule has 25 heavy (non-hydrogen) atoms. The smallest absolute Gasteiger partial charge is 0.261 e. The molecule has 1 unspecified atom stereocenters. The molecule has 0 bridgehead atoms. The summed E-state index contributed by atoms with van der Waals surface area (Å²) in [6.45, 7) is 2.56. The van der Waals surface area contributed by atoms with Gasteiger partial charge in [0.15, 0.2) is 6.10 Å². The molecule has 2 N–H and O–H groups in total. The summed E-state index contributed by atoms with van der Waals surface area (Å²) in [5, 5.41) is 8.26. The van der Waals surface area contributed by atoms with Gasteiger partial charge in [-0.1, -0.05) is 29.3 Å². The lowest BCUT2D eigenvalue weighted by Gasteiger charge is -2.15. The summed E-state index contributed by atoms with van der Waals surface area (Å²) >= 11 is 13.2. The van der Waals surface area contributed by atoms with Crippen LogP contribution >= 0.6 is 34.5 Å². The van der Waals surface area contributed by atoms with E-state index >= 15 is 0 Å². The monoisotopic (exact) mass is 400 g/mol. The highest BCUT2D eigenvalue weighted by Gasteiger charge is 2.15. The molecule has 1 aromatic carbocycles. The summed E-state index contributed by atoms with van der Waals surface area (Å²) in [5.74, 6) is 0.0444. The molecule has 0 radical (unpaired) electrons. The molecule has 0 saturated carbocycles. The standard InChI is InChI=1S/C17H18Cl2N2O3S/c1-11(24-14-6-5-12(18)10-13(14)19)16(22)20-7-3-8-21-17(23)15-4-2-9-25-15/h2,4-6,9-11H,3,7-8H2,1H3,(H,20,22)(H,21,23). The predicted molar refractivity (Wildman–Crippen MR) is 101 cm³/mol. The topological polar surface area (TPSA) is 67.4 Å². The van der Waals surface area contributed by atoms with Crippen LogP contribution in [0.1, 0.15) is 23.0 Å². The molecular formula is C17H18Cl2N2O3S. The largest absolute Gasteiger partial charge is 0.479 e. The SMILES string of the molecule is CC(Oc1ccc(Cl)cc1Cl)C(=O)NCCCNC(=O)c1cccs1. The highest BCUT2D eigenvalue weighted by atomic mass is 35.5.